The summed E-state index contributed by atoms with van der Waals surface area (Å²) in [6.45, 7) is 0. The highest BCUT2D eigenvalue weighted by molar-refractivity contribution is 7.90. The molecule has 4 nitrogen and oxygen atoms in total. The molecule has 1 aromatic carbocycles. The highest BCUT2D eigenvalue weighted by Crippen LogP contribution is 2.34. The number of fused-ring (bicyclic) bond motifs is 1. The van der Waals surface area contributed by atoms with Gasteiger partial charge < -0.3 is 0 Å². The molecule has 0 N–H and O–H groups in total. The van der Waals surface area contributed by atoms with Crippen molar-refractivity contribution in [3.8, 4) is 0 Å². The lowest BCUT2D eigenvalue weighted by Crippen LogP contribution is -2.01. The maximum absolute atomic E-state index is 11.6. The summed E-state index contributed by atoms with van der Waals surface area (Å²) in [5.41, 5.74) is 1.25. The molecular formula is C10H6ClNO3S. The number of allylic oxidation sites excluding steroid dienone is 1. The predicted octanol–water partition coefficient (Wildman–Crippen LogP) is 1.85. The number of isocyanates is 1. The van der Waals surface area contributed by atoms with Crippen LogP contribution in [0.2, 0.25) is 0 Å². The van der Waals surface area contributed by atoms with Crippen molar-refractivity contribution in [2.24, 2.45) is 4.40 Å². The van der Waals surface area contributed by atoms with Gasteiger partial charge in [-0.1, -0.05) is 34.2 Å². The first-order valence-corrected chi connectivity index (χ1v) is 6.20. The summed E-state index contributed by atoms with van der Waals surface area (Å²) in [6, 6.07) is 4.69. The van der Waals surface area contributed by atoms with Crippen molar-refractivity contribution in [3.63, 3.8) is 0 Å². The van der Waals surface area contributed by atoms with Gasteiger partial charge in [0.15, 0.2) is 0 Å². The Labute approximate surface area is 97.3 Å². The minimum Gasteiger partial charge on any atom is -0.210 e. The Bertz CT molecular complexity index is 627. The van der Waals surface area contributed by atoms with Gasteiger partial charge in [0.2, 0.25) is 0 Å². The van der Waals surface area contributed by atoms with Crippen LogP contribution in [0, 0.1) is 0 Å². The molecule has 2 rings (SSSR count). The number of benzene rings is 1. The van der Waals surface area contributed by atoms with E-state index in [0.29, 0.717) is 22.6 Å². The normalized spacial score (nSPS) is 13.9. The summed E-state index contributed by atoms with van der Waals surface area (Å²) in [7, 11) is -3.95. The van der Waals surface area contributed by atoms with E-state index >= 15 is 0 Å². The van der Waals surface area contributed by atoms with Crippen molar-refractivity contribution in [3.05, 3.63) is 35.4 Å². The van der Waals surface area contributed by atoms with Crippen molar-refractivity contribution in [1.29, 1.82) is 0 Å². The van der Waals surface area contributed by atoms with Crippen LogP contribution in [0.25, 0.3) is 5.03 Å². The zero-order valence-corrected chi connectivity index (χ0v) is 9.55. The van der Waals surface area contributed by atoms with Crippen molar-refractivity contribution in [2.45, 2.75) is 11.3 Å². The SMILES string of the molecule is O=C=NS(=O)(=O)c1cccc2c1CC=C2Cl. The van der Waals surface area contributed by atoms with Crippen LogP contribution in [0.5, 0.6) is 0 Å². The summed E-state index contributed by atoms with van der Waals surface area (Å²) < 4.78 is 26.0. The Morgan fingerprint density at radius 3 is 2.81 bits per heavy atom. The van der Waals surface area contributed by atoms with Crippen molar-refractivity contribution in [1.82, 2.24) is 0 Å². The number of sulfonamides is 1. The standard InChI is InChI=1S/C10H6ClNO3S/c11-9-5-4-8-7(9)2-1-3-10(8)16(14,15)12-6-13/h1-3,5H,4H2. The van der Waals surface area contributed by atoms with Crippen LogP contribution in [-0.4, -0.2) is 14.5 Å². The fourth-order valence-electron chi connectivity index (χ4n) is 1.64. The van der Waals surface area contributed by atoms with E-state index in [0.717, 1.165) is 6.08 Å². The molecule has 82 valence electrons. The van der Waals surface area contributed by atoms with Crippen molar-refractivity contribution >= 4 is 32.7 Å². The molecule has 0 bridgehead atoms. The average Bonchev–Trinajstić information content (AvgIpc) is 2.60. The summed E-state index contributed by atoms with van der Waals surface area (Å²) in [6.07, 6.45) is 3.19. The van der Waals surface area contributed by atoms with Crippen LogP contribution < -0.4 is 0 Å². The second-order valence-corrected chi connectivity index (χ2v) is 5.18. The predicted molar refractivity (Wildman–Crippen MR) is 59.3 cm³/mol. The van der Waals surface area contributed by atoms with E-state index in [4.69, 9.17) is 11.6 Å². The maximum Gasteiger partial charge on any atom is 0.292 e. The van der Waals surface area contributed by atoms with Gasteiger partial charge in [0.25, 0.3) is 16.1 Å². The molecule has 0 aromatic heterocycles. The third kappa shape index (κ3) is 1.69. The van der Waals surface area contributed by atoms with Gasteiger partial charge in [-0.25, -0.2) is 4.79 Å². The lowest BCUT2D eigenvalue weighted by Gasteiger charge is -2.05. The summed E-state index contributed by atoms with van der Waals surface area (Å²) in [4.78, 5) is 10.1. The first-order valence-electron chi connectivity index (χ1n) is 4.38. The number of halogens is 1. The average molecular weight is 256 g/mol. The second kappa shape index (κ2) is 3.87. The fraction of sp³-hybridized carbons (Fsp3) is 0.100. The van der Waals surface area contributed by atoms with Gasteiger partial charge in [-0.05, 0) is 23.6 Å². The molecule has 0 fully saturated rings. The zero-order valence-electron chi connectivity index (χ0n) is 7.97. The number of hydrogen-bond acceptors (Lipinski definition) is 3. The molecule has 1 aliphatic carbocycles. The van der Waals surface area contributed by atoms with Gasteiger partial charge in [-0.15, -0.1) is 0 Å². The van der Waals surface area contributed by atoms with Gasteiger partial charge >= 0.3 is 0 Å². The van der Waals surface area contributed by atoms with Gasteiger partial charge in [-0.2, -0.15) is 8.42 Å². The number of rotatable bonds is 2. The molecule has 1 aromatic rings. The van der Waals surface area contributed by atoms with E-state index in [1.807, 2.05) is 0 Å². The first kappa shape index (κ1) is 11.1. The molecular weight excluding hydrogens is 250 g/mol. The molecule has 1 aliphatic rings. The fourth-order valence-corrected chi connectivity index (χ4v) is 2.85. The monoisotopic (exact) mass is 255 g/mol. The van der Waals surface area contributed by atoms with Crippen LogP contribution in [0.1, 0.15) is 11.1 Å². The molecule has 0 unspecified atom stereocenters. The first-order chi connectivity index (χ1) is 7.56. The lowest BCUT2D eigenvalue weighted by atomic mass is 10.1. The van der Waals surface area contributed by atoms with E-state index in [2.05, 4.69) is 4.40 Å². The summed E-state index contributed by atoms with van der Waals surface area (Å²) in [5, 5.41) is 0.516. The third-order valence-electron chi connectivity index (χ3n) is 2.31. The number of nitrogens with zero attached hydrogens (tertiary/aromatic N) is 1. The molecule has 0 atom stereocenters. The molecule has 0 amide bonds. The largest absolute Gasteiger partial charge is 0.292 e. The Balaban J connectivity index is 2.68. The van der Waals surface area contributed by atoms with Crippen LogP contribution in [0.4, 0.5) is 0 Å². The minimum atomic E-state index is -3.95. The van der Waals surface area contributed by atoms with Crippen LogP contribution in [0.15, 0.2) is 33.6 Å². The zero-order chi connectivity index (χ0) is 11.8. The number of hydrogen-bond donors (Lipinski definition) is 0. The smallest absolute Gasteiger partial charge is 0.210 e. The molecule has 0 heterocycles. The Morgan fingerprint density at radius 1 is 1.38 bits per heavy atom. The van der Waals surface area contributed by atoms with Gasteiger partial charge in [0.05, 0.1) is 4.90 Å². The van der Waals surface area contributed by atoms with E-state index in [-0.39, 0.29) is 4.90 Å². The quantitative estimate of drug-likeness (QED) is 0.598. The Morgan fingerprint density at radius 2 is 2.12 bits per heavy atom. The van der Waals surface area contributed by atoms with E-state index in [1.54, 1.807) is 18.2 Å². The van der Waals surface area contributed by atoms with E-state index in [1.165, 1.54) is 6.07 Å². The Hall–Kier alpha value is -1.42. The Kier molecular flexibility index (Phi) is 2.68. The summed E-state index contributed by atoms with van der Waals surface area (Å²) >= 11 is 5.90. The van der Waals surface area contributed by atoms with Crippen molar-refractivity contribution < 1.29 is 13.2 Å². The van der Waals surface area contributed by atoms with Crippen molar-refractivity contribution in [2.75, 3.05) is 0 Å². The second-order valence-electron chi connectivity index (χ2n) is 3.20. The number of carbonyl (C=O) groups excluding carboxylic acids is 1. The molecule has 0 saturated carbocycles. The highest BCUT2D eigenvalue weighted by Gasteiger charge is 2.23. The maximum atomic E-state index is 11.6. The van der Waals surface area contributed by atoms with Crippen LogP contribution >= 0.6 is 11.6 Å². The third-order valence-corrected chi connectivity index (χ3v) is 3.92. The minimum absolute atomic E-state index is 0.0141. The van der Waals surface area contributed by atoms with E-state index in [9.17, 15) is 13.2 Å². The van der Waals surface area contributed by atoms with Crippen LogP contribution in [0.3, 0.4) is 0 Å². The van der Waals surface area contributed by atoms with E-state index < -0.39 is 10.0 Å². The molecule has 0 radical (unpaired) electrons. The lowest BCUT2D eigenvalue weighted by molar-refractivity contribution is 0.563. The molecule has 6 heteroatoms. The molecule has 0 spiro atoms. The van der Waals surface area contributed by atoms with Gasteiger partial charge in [-0.3, -0.25) is 0 Å². The molecule has 0 aliphatic heterocycles. The highest BCUT2D eigenvalue weighted by atomic mass is 35.5. The molecule has 16 heavy (non-hydrogen) atoms. The van der Waals surface area contributed by atoms with Gasteiger partial charge in [0, 0.05) is 5.03 Å². The van der Waals surface area contributed by atoms with Crippen LogP contribution in [-0.2, 0) is 21.2 Å². The van der Waals surface area contributed by atoms with Gasteiger partial charge in [0.1, 0.15) is 0 Å². The summed E-state index contributed by atoms with van der Waals surface area (Å²) in [5.74, 6) is 0. The topological polar surface area (TPSA) is 63.6 Å². The molecule has 0 saturated heterocycles.